The second kappa shape index (κ2) is 7.65. The molecule has 0 saturated heterocycles. The van der Waals surface area contributed by atoms with Gasteiger partial charge < -0.3 is 14.4 Å². The van der Waals surface area contributed by atoms with Crippen LogP contribution in [0.2, 0.25) is 0 Å². The molecule has 0 unspecified atom stereocenters. The zero-order valence-electron chi connectivity index (χ0n) is 15.8. The van der Waals surface area contributed by atoms with Crippen molar-refractivity contribution in [2.24, 2.45) is 0 Å². The number of ether oxygens (including phenoxy) is 2. The Morgan fingerprint density at radius 2 is 1.69 bits per heavy atom. The molecule has 1 aliphatic rings. The van der Waals surface area contributed by atoms with Gasteiger partial charge >= 0.3 is 0 Å². The second-order valence-corrected chi connectivity index (χ2v) is 6.82. The summed E-state index contributed by atoms with van der Waals surface area (Å²) >= 11 is 0. The van der Waals surface area contributed by atoms with Gasteiger partial charge in [-0.05, 0) is 46.4 Å². The zero-order valence-corrected chi connectivity index (χ0v) is 15.8. The number of hydrogen-bond donors (Lipinski definition) is 0. The van der Waals surface area contributed by atoms with E-state index < -0.39 is 0 Å². The Labute approximate surface area is 155 Å². The van der Waals surface area contributed by atoms with E-state index in [1.165, 1.54) is 5.56 Å². The first-order valence-corrected chi connectivity index (χ1v) is 8.83. The molecular formula is C22H25NO3. The number of carbonyl (C=O) groups is 1. The number of nitrogens with zero attached hydrogens (tertiary/aromatic N) is 1. The molecule has 2 aromatic carbocycles. The molecule has 0 aliphatic carbocycles. The maximum absolute atomic E-state index is 12.7. The van der Waals surface area contributed by atoms with Crippen molar-refractivity contribution >= 4 is 12.0 Å². The molecule has 1 heterocycles. The van der Waals surface area contributed by atoms with Gasteiger partial charge in [0.05, 0.1) is 27.2 Å². The van der Waals surface area contributed by atoms with Crippen LogP contribution in [0.25, 0.3) is 6.08 Å². The summed E-state index contributed by atoms with van der Waals surface area (Å²) in [6.45, 7) is 4.92. The van der Waals surface area contributed by atoms with Crippen molar-refractivity contribution in [3.63, 3.8) is 0 Å². The third kappa shape index (κ3) is 3.74. The van der Waals surface area contributed by atoms with Crippen LogP contribution in [0.3, 0.4) is 0 Å². The third-order valence-electron chi connectivity index (χ3n) is 4.74. The first-order valence-electron chi connectivity index (χ1n) is 8.83. The van der Waals surface area contributed by atoms with Crippen LogP contribution in [0.4, 0.5) is 0 Å². The summed E-state index contributed by atoms with van der Waals surface area (Å²) in [6.07, 6.45) is 4.16. The minimum Gasteiger partial charge on any atom is -0.493 e. The first kappa shape index (κ1) is 18.1. The molecule has 2 aromatic rings. The van der Waals surface area contributed by atoms with E-state index in [1.807, 2.05) is 24.4 Å². The fourth-order valence-electron chi connectivity index (χ4n) is 3.11. The van der Waals surface area contributed by atoms with Crippen molar-refractivity contribution in [2.75, 3.05) is 14.2 Å². The van der Waals surface area contributed by atoms with Gasteiger partial charge in [0, 0.05) is 6.20 Å². The highest BCUT2D eigenvalue weighted by atomic mass is 16.5. The van der Waals surface area contributed by atoms with E-state index >= 15 is 0 Å². The lowest BCUT2D eigenvalue weighted by molar-refractivity contribution is -0.128. The smallest absolute Gasteiger partial charge is 0.231 e. The maximum Gasteiger partial charge on any atom is 0.231 e. The quantitative estimate of drug-likeness (QED) is 0.802. The number of methoxy groups -OCH3 is 2. The SMILES string of the molecule is COc1cc2c(cc1OC)CC(=O)N(Cc1ccc(C(C)C)cc1)C=C2. The van der Waals surface area contributed by atoms with Crippen LogP contribution < -0.4 is 9.47 Å². The fourth-order valence-corrected chi connectivity index (χ4v) is 3.11. The lowest BCUT2D eigenvalue weighted by atomic mass is 10.0. The molecule has 0 bridgehead atoms. The van der Waals surface area contributed by atoms with Gasteiger partial charge in [0.15, 0.2) is 11.5 Å². The highest BCUT2D eigenvalue weighted by molar-refractivity contribution is 5.84. The molecule has 0 fully saturated rings. The molecule has 0 radical (unpaired) electrons. The van der Waals surface area contributed by atoms with E-state index in [0.717, 1.165) is 16.7 Å². The molecule has 4 nitrogen and oxygen atoms in total. The Morgan fingerprint density at radius 1 is 1.04 bits per heavy atom. The van der Waals surface area contributed by atoms with Gasteiger partial charge in [-0.2, -0.15) is 0 Å². The molecule has 136 valence electrons. The van der Waals surface area contributed by atoms with Crippen LogP contribution in [0.1, 0.15) is 42.0 Å². The summed E-state index contributed by atoms with van der Waals surface area (Å²) in [5.74, 6) is 1.88. The molecule has 0 spiro atoms. The normalized spacial score (nSPS) is 13.6. The summed E-state index contributed by atoms with van der Waals surface area (Å²) in [6, 6.07) is 12.3. The minimum atomic E-state index is 0.0696. The van der Waals surface area contributed by atoms with Crippen molar-refractivity contribution in [2.45, 2.75) is 32.7 Å². The van der Waals surface area contributed by atoms with E-state index in [1.54, 1.807) is 19.1 Å². The lowest BCUT2D eigenvalue weighted by Crippen LogP contribution is -2.25. The number of rotatable bonds is 5. The van der Waals surface area contributed by atoms with Gasteiger partial charge in [0.1, 0.15) is 0 Å². The van der Waals surface area contributed by atoms with E-state index in [0.29, 0.717) is 30.4 Å². The van der Waals surface area contributed by atoms with Crippen LogP contribution in [-0.4, -0.2) is 25.0 Å². The van der Waals surface area contributed by atoms with Crippen LogP contribution >= 0.6 is 0 Å². The fraction of sp³-hybridized carbons (Fsp3) is 0.318. The van der Waals surface area contributed by atoms with Crippen LogP contribution in [0.5, 0.6) is 11.5 Å². The molecule has 0 N–H and O–H groups in total. The molecule has 0 saturated carbocycles. The predicted octanol–water partition coefficient (Wildman–Crippen LogP) is 4.38. The lowest BCUT2D eigenvalue weighted by Gasteiger charge is -2.18. The highest BCUT2D eigenvalue weighted by Gasteiger charge is 2.19. The Hall–Kier alpha value is -2.75. The van der Waals surface area contributed by atoms with Gasteiger partial charge in [-0.1, -0.05) is 38.1 Å². The Morgan fingerprint density at radius 3 is 2.31 bits per heavy atom. The van der Waals surface area contributed by atoms with Crippen LogP contribution in [0, 0.1) is 0 Å². The molecule has 1 amide bonds. The van der Waals surface area contributed by atoms with Gasteiger partial charge in [-0.25, -0.2) is 0 Å². The topological polar surface area (TPSA) is 38.8 Å². The Balaban J connectivity index is 1.82. The number of carbonyl (C=O) groups excluding carboxylic acids is 1. The largest absolute Gasteiger partial charge is 0.493 e. The molecule has 0 aromatic heterocycles. The van der Waals surface area contributed by atoms with Gasteiger partial charge in [-0.3, -0.25) is 4.79 Å². The summed E-state index contributed by atoms with van der Waals surface area (Å²) in [5.41, 5.74) is 4.35. The van der Waals surface area contributed by atoms with Crippen molar-refractivity contribution in [3.8, 4) is 11.5 Å². The number of hydrogen-bond acceptors (Lipinski definition) is 3. The monoisotopic (exact) mass is 351 g/mol. The molecule has 3 rings (SSSR count). The third-order valence-corrected chi connectivity index (χ3v) is 4.74. The van der Waals surface area contributed by atoms with Crippen molar-refractivity contribution in [3.05, 3.63) is 64.9 Å². The Bertz CT molecular complexity index is 822. The maximum atomic E-state index is 12.7. The molecule has 4 heteroatoms. The summed E-state index contributed by atoms with van der Waals surface area (Å²) in [4.78, 5) is 14.5. The van der Waals surface area contributed by atoms with Crippen molar-refractivity contribution in [1.29, 1.82) is 0 Å². The minimum absolute atomic E-state index is 0.0696. The Kier molecular flexibility index (Phi) is 5.31. The summed E-state index contributed by atoms with van der Waals surface area (Å²) in [5, 5.41) is 0. The first-order chi connectivity index (χ1) is 12.5. The molecule has 26 heavy (non-hydrogen) atoms. The average molecular weight is 351 g/mol. The van der Waals surface area contributed by atoms with Gasteiger partial charge in [0.25, 0.3) is 0 Å². The standard InChI is InChI=1S/C22H25NO3/c1-15(2)17-7-5-16(6-8-17)14-23-10-9-18-11-20(25-3)21(26-4)12-19(18)13-22(23)24/h5-12,15H,13-14H2,1-4H3. The average Bonchev–Trinajstić information content (AvgIpc) is 2.79. The molecule has 0 atom stereocenters. The van der Waals surface area contributed by atoms with E-state index in [2.05, 4.69) is 38.1 Å². The van der Waals surface area contributed by atoms with Crippen molar-refractivity contribution < 1.29 is 14.3 Å². The van der Waals surface area contributed by atoms with E-state index in [4.69, 9.17) is 9.47 Å². The molecular weight excluding hydrogens is 326 g/mol. The van der Waals surface area contributed by atoms with Gasteiger partial charge in [-0.15, -0.1) is 0 Å². The van der Waals surface area contributed by atoms with Crippen LogP contribution in [0.15, 0.2) is 42.6 Å². The van der Waals surface area contributed by atoms with E-state index in [-0.39, 0.29) is 5.91 Å². The van der Waals surface area contributed by atoms with Crippen molar-refractivity contribution in [1.82, 2.24) is 4.90 Å². The number of fused-ring (bicyclic) bond motifs is 1. The summed E-state index contributed by atoms with van der Waals surface area (Å²) in [7, 11) is 3.22. The molecule has 1 aliphatic heterocycles. The van der Waals surface area contributed by atoms with Crippen LogP contribution in [-0.2, 0) is 17.8 Å². The number of benzene rings is 2. The summed E-state index contributed by atoms with van der Waals surface area (Å²) < 4.78 is 10.7. The number of amides is 1. The van der Waals surface area contributed by atoms with E-state index in [9.17, 15) is 4.79 Å². The zero-order chi connectivity index (χ0) is 18.7. The van der Waals surface area contributed by atoms with Gasteiger partial charge in [0.2, 0.25) is 5.91 Å². The predicted molar refractivity (Wildman–Crippen MR) is 103 cm³/mol. The highest BCUT2D eigenvalue weighted by Crippen LogP contribution is 2.33. The second-order valence-electron chi connectivity index (χ2n) is 6.82.